The van der Waals surface area contributed by atoms with Crippen LogP contribution in [0.4, 0.5) is 5.69 Å². The third kappa shape index (κ3) is 2.99. The molecule has 0 N–H and O–H groups in total. The highest BCUT2D eigenvalue weighted by Crippen LogP contribution is 2.27. The van der Waals surface area contributed by atoms with Gasteiger partial charge in [0.05, 0.1) is 6.61 Å². The molecule has 3 nitrogen and oxygen atoms in total. The number of amides is 1. The van der Waals surface area contributed by atoms with Crippen molar-refractivity contribution < 1.29 is 9.53 Å². The van der Waals surface area contributed by atoms with Crippen LogP contribution in [-0.2, 0) is 4.79 Å². The zero-order valence-electron chi connectivity index (χ0n) is 10.6. The zero-order valence-corrected chi connectivity index (χ0v) is 11.5. The van der Waals surface area contributed by atoms with Gasteiger partial charge in [0.1, 0.15) is 5.75 Å². The molecule has 1 heterocycles. The molecule has 0 radical (unpaired) electrons. The van der Waals surface area contributed by atoms with Crippen molar-refractivity contribution in [2.24, 2.45) is 5.92 Å². The van der Waals surface area contributed by atoms with Gasteiger partial charge in [0, 0.05) is 18.7 Å². The summed E-state index contributed by atoms with van der Waals surface area (Å²) in [5.41, 5.74) is 0.952. The molecular formula is C14H19NO2S. The van der Waals surface area contributed by atoms with Crippen molar-refractivity contribution in [3.05, 3.63) is 24.3 Å². The van der Waals surface area contributed by atoms with Gasteiger partial charge in [0.25, 0.3) is 0 Å². The Labute approximate surface area is 114 Å². The lowest BCUT2D eigenvalue weighted by atomic mass is 10.1. The molecule has 0 aliphatic carbocycles. The highest BCUT2D eigenvalue weighted by atomic mass is 32.1. The van der Waals surface area contributed by atoms with Gasteiger partial charge in [-0.2, -0.15) is 12.6 Å². The van der Waals surface area contributed by atoms with Crippen LogP contribution in [0.2, 0.25) is 0 Å². The van der Waals surface area contributed by atoms with Crippen molar-refractivity contribution in [1.29, 1.82) is 0 Å². The zero-order chi connectivity index (χ0) is 13.0. The Hall–Kier alpha value is -1.16. The van der Waals surface area contributed by atoms with Gasteiger partial charge in [-0.25, -0.2) is 0 Å². The van der Waals surface area contributed by atoms with Crippen LogP contribution in [0.15, 0.2) is 24.3 Å². The van der Waals surface area contributed by atoms with Gasteiger partial charge in [-0.05, 0) is 42.4 Å². The van der Waals surface area contributed by atoms with E-state index in [1.165, 1.54) is 0 Å². The smallest absolute Gasteiger partial charge is 0.227 e. The summed E-state index contributed by atoms with van der Waals surface area (Å²) in [5.74, 6) is 2.19. The summed E-state index contributed by atoms with van der Waals surface area (Å²) in [5, 5.41) is 0. The van der Waals surface area contributed by atoms with E-state index in [2.05, 4.69) is 19.6 Å². The van der Waals surface area contributed by atoms with Crippen LogP contribution in [0, 0.1) is 5.92 Å². The predicted octanol–water partition coefficient (Wildman–Crippen LogP) is 2.76. The molecule has 1 aliphatic heterocycles. The summed E-state index contributed by atoms with van der Waals surface area (Å²) in [7, 11) is 0. The van der Waals surface area contributed by atoms with Crippen LogP contribution in [-0.4, -0.2) is 24.8 Å². The summed E-state index contributed by atoms with van der Waals surface area (Å²) in [6, 6.07) is 7.74. The molecule has 1 saturated heterocycles. The molecule has 1 fully saturated rings. The fraction of sp³-hybridized carbons (Fsp3) is 0.500. The van der Waals surface area contributed by atoms with Gasteiger partial charge < -0.3 is 9.64 Å². The lowest BCUT2D eigenvalue weighted by Gasteiger charge is -2.17. The number of hydrogen-bond acceptors (Lipinski definition) is 3. The Balaban J connectivity index is 2.03. The number of nitrogens with zero attached hydrogens (tertiary/aromatic N) is 1. The summed E-state index contributed by atoms with van der Waals surface area (Å²) in [4.78, 5) is 13.7. The predicted molar refractivity (Wildman–Crippen MR) is 76.5 cm³/mol. The highest BCUT2D eigenvalue weighted by molar-refractivity contribution is 7.80. The van der Waals surface area contributed by atoms with E-state index in [1.54, 1.807) is 0 Å². The standard InChI is InChI=1S/C14H19NO2S/c1-2-7-17-13-5-3-12(4-6-13)15-9-11(10-18)8-14(15)16/h3-6,11,18H,2,7-10H2,1H3. The molecule has 1 aliphatic rings. The number of thiol groups is 1. The average molecular weight is 265 g/mol. The highest BCUT2D eigenvalue weighted by Gasteiger charge is 2.29. The minimum Gasteiger partial charge on any atom is -0.494 e. The maximum Gasteiger partial charge on any atom is 0.227 e. The Bertz CT molecular complexity index is 405. The molecule has 18 heavy (non-hydrogen) atoms. The van der Waals surface area contributed by atoms with Gasteiger partial charge in [-0.3, -0.25) is 4.79 Å². The van der Waals surface area contributed by atoms with E-state index >= 15 is 0 Å². The number of hydrogen-bond donors (Lipinski definition) is 1. The normalized spacial score (nSPS) is 19.3. The molecule has 1 unspecified atom stereocenters. The van der Waals surface area contributed by atoms with Crippen molar-refractivity contribution >= 4 is 24.2 Å². The molecule has 4 heteroatoms. The van der Waals surface area contributed by atoms with Gasteiger partial charge in [0.2, 0.25) is 5.91 Å². The van der Waals surface area contributed by atoms with E-state index in [1.807, 2.05) is 29.2 Å². The summed E-state index contributed by atoms with van der Waals surface area (Å²) < 4.78 is 5.53. The SMILES string of the molecule is CCCOc1ccc(N2CC(CS)CC2=O)cc1. The molecule has 0 spiro atoms. The number of benzene rings is 1. The van der Waals surface area contributed by atoms with Crippen molar-refractivity contribution in [2.45, 2.75) is 19.8 Å². The van der Waals surface area contributed by atoms with Crippen LogP contribution in [0.3, 0.4) is 0 Å². The molecular weight excluding hydrogens is 246 g/mol. The van der Waals surface area contributed by atoms with Crippen LogP contribution in [0.25, 0.3) is 0 Å². The lowest BCUT2D eigenvalue weighted by Crippen LogP contribution is -2.24. The van der Waals surface area contributed by atoms with Crippen LogP contribution < -0.4 is 9.64 Å². The molecule has 0 saturated carbocycles. The second kappa shape index (κ2) is 6.14. The molecule has 1 aromatic carbocycles. The van der Waals surface area contributed by atoms with E-state index in [-0.39, 0.29) is 5.91 Å². The first kappa shape index (κ1) is 13.3. The van der Waals surface area contributed by atoms with Crippen molar-refractivity contribution in [2.75, 3.05) is 23.8 Å². The van der Waals surface area contributed by atoms with Crippen LogP contribution in [0.1, 0.15) is 19.8 Å². The second-order valence-corrected chi connectivity index (χ2v) is 4.96. The quantitative estimate of drug-likeness (QED) is 0.830. The van der Waals surface area contributed by atoms with Crippen molar-refractivity contribution in [3.63, 3.8) is 0 Å². The molecule has 98 valence electrons. The van der Waals surface area contributed by atoms with Crippen molar-refractivity contribution in [3.8, 4) is 5.75 Å². The van der Waals surface area contributed by atoms with Crippen LogP contribution >= 0.6 is 12.6 Å². The number of carbonyl (C=O) groups excluding carboxylic acids is 1. The van der Waals surface area contributed by atoms with E-state index in [0.717, 1.165) is 36.8 Å². The molecule has 2 rings (SSSR count). The monoisotopic (exact) mass is 265 g/mol. The summed E-state index contributed by atoms with van der Waals surface area (Å²) in [6.07, 6.45) is 1.60. The lowest BCUT2D eigenvalue weighted by molar-refractivity contribution is -0.117. The minimum absolute atomic E-state index is 0.191. The largest absolute Gasteiger partial charge is 0.494 e. The van der Waals surface area contributed by atoms with Gasteiger partial charge in [0.15, 0.2) is 0 Å². The Kier molecular flexibility index (Phi) is 4.53. The Morgan fingerprint density at radius 1 is 1.39 bits per heavy atom. The maximum atomic E-state index is 11.9. The topological polar surface area (TPSA) is 29.5 Å². The Morgan fingerprint density at radius 2 is 2.11 bits per heavy atom. The number of anilines is 1. The fourth-order valence-corrected chi connectivity index (χ4v) is 2.34. The van der Waals surface area contributed by atoms with Gasteiger partial charge in [-0.15, -0.1) is 0 Å². The average Bonchev–Trinajstić information content (AvgIpc) is 2.78. The third-order valence-corrected chi connectivity index (χ3v) is 3.60. The van der Waals surface area contributed by atoms with E-state index in [4.69, 9.17) is 4.74 Å². The molecule has 1 amide bonds. The van der Waals surface area contributed by atoms with E-state index < -0.39 is 0 Å². The first-order valence-electron chi connectivity index (χ1n) is 6.38. The molecule has 1 atom stereocenters. The fourth-order valence-electron chi connectivity index (χ4n) is 2.10. The second-order valence-electron chi connectivity index (χ2n) is 4.60. The van der Waals surface area contributed by atoms with Crippen molar-refractivity contribution in [1.82, 2.24) is 0 Å². The number of carbonyl (C=O) groups is 1. The molecule has 0 bridgehead atoms. The summed E-state index contributed by atoms with van der Waals surface area (Å²) in [6.45, 7) is 3.58. The minimum atomic E-state index is 0.191. The summed E-state index contributed by atoms with van der Waals surface area (Å²) >= 11 is 4.27. The number of ether oxygens (including phenoxy) is 1. The van der Waals surface area contributed by atoms with E-state index in [0.29, 0.717) is 12.3 Å². The van der Waals surface area contributed by atoms with Crippen LogP contribution in [0.5, 0.6) is 5.75 Å². The molecule has 1 aromatic rings. The molecule has 0 aromatic heterocycles. The first-order valence-corrected chi connectivity index (χ1v) is 7.02. The number of rotatable bonds is 5. The first-order chi connectivity index (χ1) is 8.74. The maximum absolute atomic E-state index is 11.9. The third-order valence-electron chi connectivity index (χ3n) is 3.08. The van der Waals surface area contributed by atoms with Gasteiger partial charge in [-0.1, -0.05) is 6.92 Å². The Morgan fingerprint density at radius 3 is 2.67 bits per heavy atom. The van der Waals surface area contributed by atoms with Gasteiger partial charge >= 0.3 is 0 Å². The van der Waals surface area contributed by atoms with E-state index in [9.17, 15) is 4.79 Å².